The Morgan fingerprint density at radius 2 is 2.05 bits per heavy atom. The van der Waals surface area contributed by atoms with Gasteiger partial charge in [-0.2, -0.15) is 0 Å². The monoisotopic (exact) mass is 317 g/mol. The minimum absolute atomic E-state index is 0.0122. The van der Waals surface area contributed by atoms with Crippen LogP contribution in [-0.4, -0.2) is 12.5 Å². The highest BCUT2D eigenvalue weighted by Crippen LogP contribution is 2.27. The smallest absolute Gasteiger partial charge is 0.258 e. The van der Waals surface area contributed by atoms with Crippen molar-refractivity contribution in [2.24, 2.45) is 0 Å². The first-order chi connectivity index (χ1) is 10.5. The molecule has 2 rings (SSSR count). The lowest BCUT2D eigenvalue weighted by Crippen LogP contribution is -2.31. The van der Waals surface area contributed by atoms with Gasteiger partial charge in [-0.1, -0.05) is 32.0 Å². The maximum atomic E-state index is 12.1. The van der Waals surface area contributed by atoms with Gasteiger partial charge in [-0.15, -0.1) is 11.3 Å². The predicted molar refractivity (Wildman–Crippen MR) is 91.6 cm³/mol. The first-order valence-electron chi connectivity index (χ1n) is 7.53. The number of thiophene rings is 1. The summed E-state index contributed by atoms with van der Waals surface area (Å²) in [7, 11) is 0. The summed E-state index contributed by atoms with van der Waals surface area (Å²) in [4.78, 5) is 13.2. The van der Waals surface area contributed by atoms with E-state index in [2.05, 4.69) is 31.3 Å². The molecule has 0 aliphatic heterocycles. The summed E-state index contributed by atoms with van der Waals surface area (Å²) in [5.74, 6) is 1.06. The summed E-state index contributed by atoms with van der Waals surface area (Å²) in [6.07, 6.45) is 0. The molecule has 1 unspecified atom stereocenters. The van der Waals surface area contributed by atoms with Gasteiger partial charge in [0.15, 0.2) is 6.61 Å². The van der Waals surface area contributed by atoms with Crippen molar-refractivity contribution in [3.63, 3.8) is 0 Å². The number of amides is 1. The van der Waals surface area contributed by atoms with Crippen LogP contribution in [0.15, 0.2) is 35.7 Å². The summed E-state index contributed by atoms with van der Waals surface area (Å²) in [6.45, 7) is 8.29. The zero-order chi connectivity index (χ0) is 16.1. The zero-order valence-electron chi connectivity index (χ0n) is 13.6. The minimum atomic E-state index is -0.0999. The van der Waals surface area contributed by atoms with Crippen LogP contribution in [-0.2, 0) is 4.79 Å². The summed E-state index contributed by atoms with van der Waals surface area (Å²) in [5, 5.41) is 4.97. The van der Waals surface area contributed by atoms with Gasteiger partial charge < -0.3 is 10.1 Å². The molecule has 4 heteroatoms. The van der Waals surface area contributed by atoms with Crippen LogP contribution in [0.25, 0.3) is 0 Å². The second-order valence-corrected chi connectivity index (χ2v) is 6.77. The fourth-order valence-electron chi connectivity index (χ4n) is 2.28. The lowest BCUT2D eigenvalue weighted by molar-refractivity contribution is -0.123. The van der Waals surface area contributed by atoms with Gasteiger partial charge in [0.25, 0.3) is 5.91 Å². The van der Waals surface area contributed by atoms with E-state index in [1.807, 2.05) is 37.4 Å². The molecule has 1 N–H and O–H groups in total. The Morgan fingerprint density at radius 1 is 1.27 bits per heavy atom. The van der Waals surface area contributed by atoms with Crippen molar-refractivity contribution in [2.75, 3.05) is 6.61 Å². The van der Waals surface area contributed by atoms with Crippen LogP contribution in [0.3, 0.4) is 0 Å². The molecule has 0 radical (unpaired) electrons. The topological polar surface area (TPSA) is 38.3 Å². The number of rotatable bonds is 6. The number of carbonyl (C=O) groups is 1. The molecular weight excluding hydrogens is 294 g/mol. The quantitative estimate of drug-likeness (QED) is 0.855. The average Bonchev–Trinajstić information content (AvgIpc) is 2.99. The molecule has 2 aromatic rings. The van der Waals surface area contributed by atoms with Crippen molar-refractivity contribution in [1.82, 2.24) is 5.32 Å². The van der Waals surface area contributed by atoms with Crippen LogP contribution in [0.4, 0.5) is 0 Å². The third-order valence-electron chi connectivity index (χ3n) is 3.50. The number of ether oxygens (including phenoxy) is 1. The fourth-order valence-corrected chi connectivity index (χ4v) is 3.01. The molecule has 3 nitrogen and oxygen atoms in total. The maximum Gasteiger partial charge on any atom is 0.258 e. The van der Waals surface area contributed by atoms with Crippen molar-refractivity contribution in [3.05, 3.63) is 51.7 Å². The Bertz CT molecular complexity index is 620. The summed E-state index contributed by atoms with van der Waals surface area (Å²) >= 11 is 1.64. The van der Waals surface area contributed by atoms with Crippen LogP contribution in [0.5, 0.6) is 5.75 Å². The SMILES string of the molecule is Cc1ccc(C(C)C)c(OCC(=O)NC(C)c2cccs2)c1. The Hall–Kier alpha value is -1.81. The first-order valence-corrected chi connectivity index (χ1v) is 8.41. The average molecular weight is 317 g/mol. The second kappa shape index (κ2) is 7.45. The number of hydrogen-bond donors (Lipinski definition) is 1. The molecule has 1 amide bonds. The largest absolute Gasteiger partial charge is 0.483 e. The molecule has 0 saturated carbocycles. The lowest BCUT2D eigenvalue weighted by Gasteiger charge is -2.16. The molecule has 118 valence electrons. The van der Waals surface area contributed by atoms with E-state index in [9.17, 15) is 4.79 Å². The molecule has 22 heavy (non-hydrogen) atoms. The van der Waals surface area contributed by atoms with Gasteiger partial charge >= 0.3 is 0 Å². The van der Waals surface area contributed by atoms with Crippen molar-refractivity contribution in [2.45, 2.75) is 39.7 Å². The number of benzene rings is 1. The van der Waals surface area contributed by atoms with E-state index in [0.717, 1.165) is 21.8 Å². The highest BCUT2D eigenvalue weighted by Gasteiger charge is 2.13. The Kier molecular flexibility index (Phi) is 5.61. The minimum Gasteiger partial charge on any atom is -0.483 e. The van der Waals surface area contributed by atoms with Gasteiger partial charge in [-0.05, 0) is 48.4 Å². The highest BCUT2D eigenvalue weighted by molar-refractivity contribution is 7.10. The Balaban J connectivity index is 1.95. The number of aryl methyl sites for hydroxylation is 1. The predicted octanol–water partition coefficient (Wildman–Crippen LogP) is 4.44. The molecule has 0 aliphatic carbocycles. The van der Waals surface area contributed by atoms with Gasteiger partial charge in [0, 0.05) is 4.88 Å². The molecule has 1 aromatic heterocycles. The van der Waals surface area contributed by atoms with Crippen LogP contribution in [0, 0.1) is 6.92 Å². The number of nitrogens with one attached hydrogen (secondary N) is 1. The van der Waals surface area contributed by atoms with Crippen LogP contribution < -0.4 is 10.1 Å². The third kappa shape index (κ3) is 4.34. The molecule has 0 spiro atoms. The molecule has 1 heterocycles. The standard InChI is InChI=1S/C18H23NO2S/c1-12(2)15-8-7-13(3)10-16(15)21-11-18(20)19-14(4)17-6-5-9-22-17/h5-10,12,14H,11H2,1-4H3,(H,19,20). The normalized spacial score (nSPS) is 12.2. The van der Waals surface area contributed by atoms with Crippen molar-refractivity contribution < 1.29 is 9.53 Å². The van der Waals surface area contributed by atoms with E-state index in [0.29, 0.717) is 5.92 Å². The van der Waals surface area contributed by atoms with Crippen molar-refractivity contribution >= 4 is 17.2 Å². The van der Waals surface area contributed by atoms with E-state index >= 15 is 0 Å². The van der Waals surface area contributed by atoms with Gasteiger partial charge in [-0.25, -0.2) is 0 Å². The summed E-state index contributed by atoms with van der Waals surface area (Å²) < 4.78 is 5.75. The number of carbonyl (C=O) groups excluding carboxylic acids is 1. The van der Waals surface area contributed by atoms with Gasteiger partial charge in [0.1, 0.15) is 5.75 Å². The molecular formula is C18H23NO2S. The van der Waals surface area contributed by atoms with E-state index in [4.69, 9.17) is 4.74 Å². The highest BCUT2D eigenvalue weighted by atomic mass is 32.1. The molecule has 0 aliphatic rings. The number of hydrogen-bond acceptors (Lipinski definition) is 3. The molecule has 0 saturated heterocycles. The fraction of sp³-hybridized carbons (Fsp3) is 0.389. The van der Waals surface area contributed by atoms with E-state index in [-0.39, 0.29) is 18.6 Å². The van der Waals surface area contributed by atoms with Crippen LogP contribution in [0.2, 0.25) is 0 Å². The second-order valence-electron chi connectivity index (χ2n) is 5.79. The molecule has 0 bridgehead atoms. The van der Waals surface area contributed by atoms with Crippen molar-refractivity contribution in [1.29, 1.82) is 0 Å². The van der Waals surface area contributed by atoms with Gasteiger partial charge in [-0.3, -0.25) is 4.79 Å². The maximum absolute atomic E-state index is 12.1. The van der Waals surface area contributed by atoms with E-state index in [1.54, 1.807) is 11.3 Å². The first kappa shape index (κ1) is 16.6. The molecule has 1 aromatic carbocycles. The van der Waals surface area contributed by atoms with Gasteiger partial charge in [0.2, 0.25) is 0 Å². The lowest BCUT2D eigenvalue weighted by atomic mass is 10.0. The third-order valence-corrected chi connectivity index (χ3v) is 4.55. The zero-order valence-corrected chi connectivity index (χ0v) is 14.4. The Labute approximate surface area is 136 Å². The molecule has 0 fully saturated rings. The summed E-state index contributed by atoms with van der Waals surface area (Å²) in [6, 6.07) is 10.2. The van der Waals surface area contributed by atoms with E-state index in [1.165, 1.54) is 0 Å². The van der Waals surface area contributed by atoms with E-state index < -0.39 is 0 Å². The van der Waals surface area contributed by atoms with Crippen LogP contribution >= 0.6 is 11.3 Å². The summed E-state index contributed by atoms with van der Waals surface area (Å²) in [5.41, 5.74) is 2.26. The Morgan fingerprint density at radius 3 is 2.68 bits per heavy atom. The van der Waals surface area contributed by atoms with Crippen molar-refractivity contribution in [3.8, 4) is 5.75 Å². The van der Waals surface area contributed by atoms with Gasteiger partial charge in [0.05, 0.1) is 6.04 Å². The molecule has 1 atom stereocenters. The van der Waals surface area contributed by atoms with Crippen LogP contribution in [0.1, 0.15) is 48.7 Å².